The molecule has 434 valence electrons. The Balaban J connectivity index is 0.000000129. The van der Waals surface area contributed by atoms with Gasteiger partial charge in [0, 0.05) is 106 Å². The molecule has 3 aliphatic heterocycles. The number of primary amides is 1. The number of carbonyl (C=O) groups excluding carboxylic acids is 1. The Hall–Kier alpha value is -8.61. The van der Waals surface area contributed by atoms with Gasteiger partial charge in [0.1, 0.15) is 17.5 Å². The molecular formula is C66H62ClN13O4S2. The topological polar surface area (TPSA) is 218 Å². The summed E-state index contributed by atoms with van der Waals surface area (Å²) in [6, 6.07) is 48.9. The Morgan fingerprint density at radius 2 is 0.953 bits per heavy atom. The maximum Gasteiger partial charge on any atom is 0.249 e. The van der Waals surface area contributed by atoms with E-state index in [1.807, 2.05) is 78.9 Å². The average Bonchev–Trinajstić information content (AvgIpc) is 3.93. The van der Waals surface area contributed by atoms with Crippen LogP contribution in [0.5, 0.6) is 0 Å². The van der Waals surface area contributed by atoms with Gasteiger partial charge in [0.25, 0.3) is 0 Å². The molecule has 0 bridgehead atoms. The number of hydrogen-bond donors (Lipinski definition) is 4. The summed E-state index contributed by atoms with van der Waals surface area (Å²) in [4.78, 5) is 40.6. The fourth-order valence-corrected chi connectivity index (χ4v) is 11.4. The molecule has 1 amide bonds. The lowest BCUT2D eigenvalue weighted by atomic mass is 10.1. The molecule has 0 atom stereocenters. The Morgan fingerprint density at radius 3 is 1.38 bits per heavy atom. The van der Waals surface area contributed by atoms with E-state index in [1.165, 1.54) is 22.4 Å². The molecule has 17 nitrogen and oxygen atoms in total. The predicted molar refractivity (Wildman–Crippen MR) is 338 cm³/mol. The molecule has 15 rings (SSSR count). The van der Waals surface area contributed by atoms with Crippen molar-refractivity contribution in [2.24, 2.45) is 5.73 Å². The van der Waals surface area contributed by atoms with Crippen LogP contribution in [0.2, 0.25) is 5.28 Å². The number of amides is 1. The second-order valence-corrected chi connectivity index (χ2v) is 21.9. The van der Waals surface area contributed by atoms with Crippen LogP contribution in [0, 0.1) is 11.3 Å². The van der Waals surface area contributed by atoms with Crippen LogP contribution in [0.15, 0.2) is 140 Å². The number of aromatic nitrogens is 8. The Labute approximate surface area is 513 Å². The van der Waals surface area contributed by atoms with E-state index < -0.39 is 5.91 Å². The normalized spacial score (nSPS) is 14.7. The number of halogens is 1. The molecular weight excluding hydrogens is 1140 g/mol. The van der Waals surface area contributed by atoms with E-state index in [9.17, 15) is 10.1 Å². The van der Waals surface area contributed by atoms with Gasteiger partial charge < -0.3 is 35.9 Å². The summed E-state index contributed by atoms with van der Waals surface area (Å²) in [6.07, 6.45) is 6.88. The maximum atomic E-state index is 12.1. The largest absolute Gasteiger partial charge is 0.376 e. The van der Waals surface area contributed by atoms with E-state index in [0.29, 0.717) is 94.1 Å². The van der Waals surface area contributed by atoms with E-state index in [4.69, 9.17) is 51.5 Å². The van der Waals surface area contributed by atoms with Crippen LogP contribution in [0.1, 0.15) is 115 Å². The van der Waals surface area contributed by atoms with Gasteiger partial charge in [0.05, 0.1) is 79.4 Å². The van der Waals surface area contributed by atoms with Crippen LogP contribution in [-0.4, -0.2) is 64.8 Å². The second-order valence-electron chi connectivity index (χ2n) is 21.6. The predicted octanol–water partition coefficient (Wildman–Crippen LogP) is 11.7. The fourth-order valence-electron chi connectivity index (χ4n) is 11.2. The zero-order valence-corrected chi connectivity index (χ0v) is 49.6. The van der Waals surface area contributed by atoms with Crippen LogP contribution in [-0.2, 0) is 95.3 Å². The first kappa shape index (κ1) is 57.8. The fraction of sp³-hybridized carbons (Fsp3) is 0.273. The van der Waals surface area contributed by atoms with Crippen LogP contribution >= 0.6 is 11.6 Å². The smallest absolute Gasteiger partial charge is 0.249 e. The van der Waals surface area contributed by atoms with Gasteiger partial charge in [-0.2, -0.15) is 15.2 Å². The lowest BCUT2D eigenvalue weighted by Crippen LogP contribution is -2.19. The lowest BCUT2D eigenvalue weighted by Gasteiger charge is -2.21. The molecule has 5 aromatic carbocycles. The molecule has 2 aliphatic carbocycles. The summed E-state index contributed by atoms with van der Waals surface area (Å²) in [6.45, 7) is 5.63. The molecule has 2 saturated carbocycles. The summed E-state index contributed by atoms with van der Waals surface area (Å²) in [5.74, 6) is 4.23. The third kappa shape index (κ3) is 13.0. The number of nitriles is 1. The van der Waals surface area contributed by atoms with Crippen molar-refractivity contribution in [2.75, 3.05) is 35.8 Å². The average molecular weight is 1200 g/mol. The number of nitrogens with two attached hydrogens (primary N) is 1. The first-order chi connectivity index (χ1) is 42.3. The molecule has 5 aliphatic rings. The van der Waals surface area contributed by atoms with Gasteiger partial charge in [0.15, 0.2) is 0 Å². The molecule has 5 aromatic heterocycles. The van der Waals surface area contributed by atoms with Crippen LogP contribution in [0.3, 0.4) is 0 Å². The molecule has 0 saturated heterocycles. The Morgan fingerprint density at radius 1 is 0.547 bits per heavy atom. The van der Waals surface area contributed by atoms with E-state index >= 15 is 0 Å². The van der Waals surface area contributed by atoms with Crippen LogP contribution in [0.25, 0.3) is 33.7 Å². The molecule has 86 heavy (non-hydrogen) atoms. The summed E-state index contributed by atoms with van der Waals surface area (Å²) in [5, 5.41) is 22.1. The summed E-state index contributed by atoms with van der Waals surface area (Å²) in [5.41, 5.74) is 20.8. The number of nitrogens with zero attached hydrogens (tertiary/aromatic N) is 9. The summed E-state index contributed by atoms with van der Waals surface area (Å²) < 4.78 is 21.2. The van der Waals surface area contributed by atoms with Gasteiger partial charge in [-0.1, -0.05) is 103 Å². The van der Waals surface area contributed by atoms with E-state index in [2.05, 4.69) is 118 Å². The summed E-state index contributed by atoms with van der Waals surface area (Å²) in [7, 11) is 0. The Bertz CT molecular complexity index is 4120. The minimum Gasteiger partial charge on any atom is -0.376 e. The van der Waals surface area contributed by atoms with Crippen molar-refractivity contribution in [3.63, 3.8) is 0 Å². The molecule has 0 radical (unpaired) electrons. The quantitative estimate of drug-likeness (QED) is 0.0744. The molecule has 8 heterocycles. The molecule has 20 heteroatoms. The number of benzene rings is 5. The monoisotopic (exact) mass is 1200 g/mol. The van der Waals surface area contributed by atoms with Crippen LogP contribution in [0.4, 0.5) is 17.5 Å². The van der Waals surface area contributed by atoms with Gasteiger partial charge in [-0.25, -0.2) is 19.9 Å². The molecule has 0 spiro atoms. The summed E-state index contributed by atoms with van der Waals surface area (Å²) >= 11 is 13.3. The zero-order valence-electron chi connectivity index (χ0n) is 47.2. The maximum absolute atomic E-state index is 12.1. The first-order valence-corrected chi connectivity index (χ1v) is 30.6. The molecule has 5 N–H and O–H groups in total. The molecule has 10 aromatic rings. The SMILES string of the molecule is Clc1nc2c(c(NCc3ccccc3)n1)COCC2.N#Cc1cccc2c1cc(C1CC1)n2-c1nc2c(c(NCc3ccccc3)n1)COCC2.NC(=O)c1cccc2c1cc(C1CC1)n2-c1nc2c(c(NCc3ccccc3)n1)COCC2.S=S. The van der Waals surface area contributed by atoms with Crippen molar-refractivity contribution in [1.29, 1.82) is 5.26 Å². The number of nitrogens with one attached hydrogen (secondary N) is 3. The van der Waals surface area contributed by atoms with Crippen molar-refractivity contribution in [3.8, 4) is 18.0 Å². The number of anilines is 3. The van der Waals surface area contributed by atoms with E-state index in [0.717, 1.165) is 124 Å². The number of fused-ring (bicyclic) bond motifs is 5. The van der Waals surface area contributed by atoms with Crippen molar-refractivity contribution >= 4 is 79.1 Å². The van der Waals surface area contributed by atoms with Gasteiger partial charge in [-0.15, -0.1) is 0 Å². The number of hydrogen-bond acceptors (Lipinski definition) is 16. The van der Waals surface area contributed by atoms with Gasteiger partial charge in [-0.05, 0) is 102 Å². The minimum absolute atomic E-state index is 0.288. The minimum atomic E-state index is -0.422. The lowest BCUT2D eigenvalue weighted by molar-refractivity contribution is 0.100. The third-order valence-corrected chi connectivity index (χ3v) is 16.0. The number of ether oxygens (including phenoxy) is 3. The molecule has 0 unspecified atom stereocenters. The van der Waals surface area contributed by atoms with Gasteiger partial charge >= 0.3 is 0 Å². The van der Waals surface area contributed by atoms with Gasteiger partial charge in [-0.3, -0.25) is 13.9 Å². The standard InChI is InChI=1S/C26H25N5O2.C26H23N5O.C14H14ClN3O.S2/c27-24(32)18-7-4-8-22-19(18)13-23(17-9-10-17)31(22)26-29-21-11-12-33-15-20(21)25(30-26)28-14-16-5-2-1-3-6-16;27-14-19-7-4-8-23-20(19)13-24(18-9-10-18)31(23)26-29-22-11-12-32-16-21(22)25(30-26)28-15-17-5-2-1-3-6-17;15-14-17-12-6-7-19-9-11(12)13(18-14)16-8-10-4-2-1-3-5-10;1-2/h1-8,13,17H,9-12,14-15H2,(H2,27,32)(H,28,29,30);1-8,13,18H,9-12,15-16H2,(H,28,29,30);1-5H,6-9H2,(H,16,17,18);. The van der Waals surface area contributed by atoms with Crippen molar-refractivity contribution in [1.82, 2.24) is 39.0 Å². The van der Waals surface area contributed by atoms with E-state index in [1.54, 1.807) is 6.07 Å². The van der Waals surface area contributed by atoms with Gasteiger partial charge in [0.2, 0.25) is 23.1 Å². The number of carbonyl (C=O) groups is 1. The van der Waals surface area contributed by atoms with Crippen molar-refractivity contribution in [2.45, 2.75) is 96.2 Å². The van der Waals surface area contributed by atoms with Crippen molar-refractivity contribution in [3.05, 3.63) is 218 Å². The Kier molecular flexibility index (Phi) is 18.0. The highest BCUT2D eigenvalue weighted by atomic mass is 35.5. The highest BCUT2D eigenvalue weighted by Crippen LogP contribution is 2.45. The zero-order chi connectivity index (χ0) is 58.9. The third-order valence-electron chi connectivity index (χ3n) is 15.9. The number of rotatable bonds is 14. The highest BCUT2D eigenvalue weighted by Gasteiger charge is 2.33. The van der Waals surface area contributed by atoms with Crippen LogP contribution < -0.4 is 21.7 Å². The second kappa shape index (κ2) is 26.8. The first-order valence-electron chi connectivity index (χ1n) is 28.9. The van der Waals surface area contributed by atoms with E-state index in [-0.39, 0.29) is 5.28 Å². The van der Waals surface area contributed by atoms with Crippen molar-refractivity contribution < 1.29 is 19.0 Å². The molecule has 2 fully saturated rings. The highest BCUT2D eigenvalue weighted by molar-refractivity contribution is 8.07.